The summed E-state index contributed by atoms with van der Waals surface area (Å²) in [5.41, 5.74) is -1.67. The molecule has 1 aliphatic heterocycles. The lowest BCUT2D eigenvalue weighted by atomic mass is 9.81. The summed E-state index contributed by atoms with van der Waals surface area (Å²) in [5.74, 6) is -4.66. The Morgan fingerprint density at radius 1 is 1.14 bits per heavy atom. The van der Waals surface area contributed by atoms with Crippen LogP contribution in [0.5, 0.6) is 5.75 Å². The number of ether oxygens (including phenoxy) is 4. The first-order valence-corrected chi connectivity index (χ1v) is 12.1. The summed E-state index contributed by atoms with van der Waals surface area (Å²) < 4.78 is 50.9. The number of hydrogen-bond donors (Lipinski definition) is 3. The van der Waals surface area contributed by atoms with Gasteiger partial charge in [0.1, 0.15) is 18.3 Å². The monoisotopic (exact) mass is 544 g/mol. The molecule has 204 valence electrons. The topological polar surface area (TPSA) is 115 Å². The Bertz CT molecular complexity index is 1100. The average molecular weight is 545 g/mol. The average Bonchev–Trinajstić information content (AvgIpc) is 2.91. The van der Waals surface area contributed by atoms with E-state index in [0.717, 1.165) is 6.42 Å². The minimum atomic E-state index is -2.14. The molecule has 1 fully saturated rings. The zero-order valence-corrected chi connectivity index (χ0v) is 21.5. The van der Waals surface area contributed by atoms with E-state index in [4.69, 9.17) is 30.5 Å². The molecule has 1 heterocycles. The van der Waals surface area contributed by atoms with Crippen LogP contribution < -0.4 is 4.74 Å². The molecule has 0 radical (unpaired) electrons. The van der Waals surface area contributed by atoms with Crippen LogP contribution in [0.25, 0.3) is 0 Å². The molecule has 0 aliphatic carbocycles. The highest BCUT2D eigenvalue weighted by Gasteiger charge is 2.62. The number of benzene rings is 2. The minimum absolute atomic E-state index is 0.0176. The maximum Gasteiger partial charge on any atom is 0.225 e. The van der Waals surface area contributed by atoms with Gasteiger partial charge in [0.05, 0.1) is 13.7 Å². The van der Waals surface area contributed by atoms with Crippen LogP contribution in [0, 0.1) is 11.6 Å². The molecular formula is C26H31ClF2O8. The molecule has 1 aliphatic rings. The first kappa shape index (κ1) is 29.4. The zero-order chi connectivity index (χ0) is 27.4. The van der Waals surface area contributed by atoms with Gasteiger partial charge in [-0.1, -0.05) is 37.1 Å². The lowest BCUT2D eigenvalue weighted by Gasteiger charge is -2.52. The molecule has 2 aromatic rings. The van der Waals surface area contributed by atoms with Crippen LogP contribution in [-0.2, 0) is 31.2 Å². The van der Waals surface area contributed by atoms with Gasteiger partial charge in [-0.05, 0) is 35.7 Å². The van der Waals surface area contributed by atoms with Crippen molar-refractivity contribution >= 4 is 17.9 Å². The molecule has 2 aromatic carbocycles. The maximum atomic E-state index is 14.6. The molecule has 3 N–H and O–H groups in total. The quantitative estimate of drug-likeness (QED) is 0.292. The van der Waals surface area contributed by atoms with Gasteiger partial charge in [0.25, 0.3) is 0 Å². The van der Waals surface area contributed by atoms with E-state index in [1.54, 1.807) is 0 Å². The van der Waals surface area contributed by atoms with Crippen molar-refractivity contribution < 1.29 is 47.8 Å². The Balaban J connectivity index is 2.05. The third-order valence-corrected chi connectivity index (χ3v) is 6.94. The van der Waals surface area contributed by atoms with Crippen LogP contribution in [0.15, 0.2) is 30.3 Å². The predicted octanol–water partition coefficient (Wildman–Crippen LogP) is 2.88. The van der Waals surface area contributed by atoms with Crippen LogP contribution in [0.1, 0.15) is 36.5 Å². The minimum Gasteiger partial charge on any atom is -0.494 e. The molecule has 3 rings (SSSR count). The Morgan fingerprint density at radius 3 is 2.46 bits per heavy atom. The summed E-state index contributed by atoms with van der Waals surface area (Å²) in [6, 6.07) is 6.92. The molecule has 0 unspecified atom stereocenters. The van der Waals surface area contributed by atoms with Crippen LogP contribution >= 0.6 is 11.6 Å². The van der Waals surface area contributed by atoms with E-state index in [2.05, 4.69) is 0 Å². The van der Waals surface area contributed by atoms with Crippen molar-refractivity contribution in [1.82, 2.24) is 0 Å². The molecular weight excluding hydrogens is 514 g/mol. The first-order chi connectivity index (χ1) is 17.6. The number of methoxy groups -OCH3 is 2. The lowest BCUT2D eigenvalue weighted by Crippen LogP contribution is -2.71. The fraction of sp³-hybridized carbons (Fsp3) is 0.500. The van der Waals surface area contributed by atoms with E-state index in [1.165, 1.54) is 44.6 Å². The highest BCUT2D eigenvalue weighted by molar-refractivity contribution is 6.31. The number of rotatable bonds is 11. The van der Waals surface area contributed by atoms with Crippen LogP contribution in [0.4, 0.5) is 8.78 Å². The lowest BCUT2D eigenvalue weighted by molar-refractivity contribution is -0.388. The summed E-state index contributed by atoms with van der Waals surface area (Å²) in [5, 5.41) is 32.5. The fourth-order valence-electron chi connectivity index (χ4n) is 4.43. The Morgan fingerprint density at radius 2 is 1.86 bits per heavy atom. The Hall–Kier alpha value is -2.18. The molecule has 8 nitrogen and oxygen atoms in total. The second kappa shape index (κ2) is 12.1. The van der Waals surface area contributed by atoms with Crippen molar-refractivity contribution in [2.75, 3.05) is 27.4 Å². The summed E-state index contributed by atoms with van der Waals surface area (Å²) in [7, 11) is 2.41. The maximum absolute atomic E-state index is 14.6. The highest BCUT2D eigenvalue weighted by atomic mass is 35.5. The molecule has 0 aromatic heterocycles. The van der Waals surface area contributed by atoms with Gasteiger partial charge in [-0.25, -0.2) is 4.39 Å². The second-order valence-corrected chi connectivity index (χ2v) is 9.23. The number of aliphatic hydroxyl groups is 3. The zero-order valence-electron chi connectivity index (χ0n) is 20.7. The van der Waals surface area contributed by atoms with Crippen molar-refractivity contribution in [2.24, 2.45) is 0 Å². The molecule has 0 saturated carbocycles. The number of aldehydes is 1. The van der Waals surface area contributed by atoms with Gasteiger partial charge < -0.3 is 34.3 Å². The third kappa shape index (κ3) is 5.37. The molecule has 5 atom stereocenters. The van der Waals surface area contributed by atoms with E-state index >= 15 is 0 Å². The van der Waals surface area contributed by atoms with Crippen molar-refractivity contribution in [1.29, 1.82) is 0 Å². The van der Waals surface area contributed by atoms with E-state index in [9.17, 15) is 28.9 Å². The number of aliphatic hydroxyl groups excluding tert-OH is 3. The van der Waals surface area contributed by atoms with Crippen molar-refractivity contribution in [3.05, 3.63) is 63.7 Å². The van der Waals surface area contributed by atoms with E-state index in [-0.39, 0.29) is 34.9 Å². The molecule has 37 heavy (non-hydrogen) atoms. The molecule has 0 amide bonds. The number of hydrogen-bond acceptors (Lipinski definition) is 8. The first-order valence-electron chi connectivity index (χ1n) is 11.7. The standard InChI is InChI=1S/C26H31ClF2O8/c1-4-5-10-36-24-22(32)23(33)26(35-3,37-25(24,13-30)14-31)17-7-8-18(27)16(12-17)11-15-6-9-19(34-2)21(29)20(15)28/h6-9,12-13,22-24,31-33H,4-5,10-11,14H2,1-3H3/t22-,23-,24+,25-,26+/m1/s1. The van der Waals surface area contributed by atoms with Gasteiger partial charge in [-0.2, -0.15) is 4.39 Å². The van der Waals surface area contributed by atoms with Gasteiger partial charge >= 0.3 is 0 Å². The molecule has 1 saturated heterocycles. The number of carbonyl (C=O) groups is 1. The van der Waals surface area contributed by atoms with Gasteiger partial charge in [0.2, 0.25) is 11.6 Å². The van der Waals surface area contributed by atoms with E-state index in [1.807, 2.05) is 6.92 Å². The molecule has 0 spiro atoms. The van der Waals surface area contributed by atoms with E-state index < -0.39 is 47.9 Å². The predicted molar refractivity (Wildman–Crippen MR) is 129 cm³/mol. The number of halogens is 3. The van der Waals surface area contributed by atoms with Gasteiger partial charge in [0.15, 0.2) is 23.5 Å². The van der Waals surface area contributed by atoms with E-state index in [0.29, 0.717) is 18.3 Å². The van der Waals surface area contributed by atoms with Crippen molar-refractivity contribution in [3.8, 4) is 5.75 Å². The smallest absolute Gasteiger partial charge is 0.225 e. The third-order valence-electron chi connectivity index (χ3n) is 6.57. The Labute approximate surface area is 218 Å². The van der Waals surface area contributed by atoms with Crippen LogP contribution in [0.2, 0.25) is 5.02 Å². The number of unbranched alkanes of at least 4 members (excludes halogenated alkanes) is 1. The second-order valence-electron chi connectivity index (χ2n) is 8.82. The van der Waals surface area contributed by atoms with Crippen molar-refractivity contribution in [2.45, 2.75) is 55.9 Å². The van der Waals surface area contributed by atoms with Gasteiger partial charge in [0, 0.05) is 30.7 Å². The summed E-state index contributed by atoms with van der Waals surface area (Å²) >= 11 is 6.34. The van der Waals surface area contributed by atoms with Crippen LogP contribution in [0.3, 0.4) is 0 Å². The summed E-state index contributed by atoms with van der Waals surface area (Å²) in [6.45, 7) is 1.20. The highest BCUT2D eigenvalue weighted by Crippen LogP contribution is 2.45. The normalized spacial score (nSPS) is 27.8. The molecule has 0 bridgehead atoms. The fourth-order valence-corrected chi connectivity index (χ4v) is 4.62. The van der Waals surface area contributed by atoms with Gasteiger partial charge in [-0.15, -0.1) is 0 Å². The number of carbonyl (C=O) groups excluding carboxylic acids is 1. The van der Waals surface area contributed by atoms with Gasteiger partial charge in [-0.3, -0.25) is 4.79 Å². The SMILES string of the molecule is CCCCO[C@H]1[C@H](O)[C@@H](O)[C@](OC)(c2ccc(Cl)c(Cc3ccc(OC)c(F)c3F)c2)O[C@]1(C=O)CO. The van der Waals surface area contributed by atoms with Crippen LogP contribution in [-0.4, -0.2) is 73.0 Å². The Kier molecular flexibility index (Phi) is 9.62. The summed E-state index contributed by atoms with van der Waals surface area (Å²) in [6.07, 6.45) is -3.32. The molecule has 11 heteroatoms. The largest absolute Gasteiger partial charge is 0.494 e. The van der Waals surface area contributed by atoms with Crippen molar-refractivity contribution in [3.63, 3.8) is 0 Å². The summed E-state index contributed by atoms with van der Waals surface area (Å²) in [4.78, 5) is 12.2.